The Kier molecular flexibility index (Phi) is 7.78. The third kappa shape index (κ3) is 6.13. The van der Waals surface area contributed by atoms with Gasteiger partial charge in [0.1, 0.15) is 5.25 Å². The maximum atomic E-state index is 12.7. The lowest BCUT2D eigenvalue weighted by molar-refractivity contribution is -0.123. The van der Waals surface area contributed by atoms with E-state index in [9.17, 15) is 9.59 Å². The number of benzene rings is 2. The van der Waals surface area contributed by atoms with Gasteiger partial charge in [-0.2, -0.15) is 5.10 Å². The summed E-state index contributed by atoms with van der Waals surface area (Å²) in [5.74, 6) is 0.348. The lowest BCUT2D eigenvalue weighted by Crippen LogP contribution is -2.41. The molecule has 2 aromatic carbocycles. The van der Waals surface area contributed by atoms with Crippen molar-refractivity contribution in [3.63, 3.8) is 0 Å². The minimum atomic E-state index is -0.671. The van der Waals surface area contributed by atoms with Crippen LogP contribution in [0.5, 0.6) is 11.5 Å². The molecule has 2 amide bonds. The van der Waals surface area contributed by atoms with Gasteiger partial charge in [-0.05, 0) is 24.3 Å². The average Bonchev–Trinajstić information content (AvgIpc) is 2.74. The largest absolute Gasteiger partial charge is 0.493 e. The zero-order valence-electron chi connectivity index (χ0n) is 16.5. The molecule has 0 saturated carbocycles. The molecule has 0 bridgehead atoms. The molecule has 1 aliphatic rings. The topological polar surface area (TPSA) is 101 Å². The van der Waals surface area contributed by atoms with Gasteiger partial charge in [-0.3, -0.25) is 9.59 Å². The molecule has 2 aromatic rings. The standard InChI is InChI=1S/C20H18Cl2N4O4S/c1-29-15-6-5-13(8-16(15)30-2)24-19(28)17-9-18(27)25-20(31-17)26-23-10-11-3-4-12(21)7-14(11)22/h3-8,10,17H,9H2,1-2H3,(H,24,28)(H,25,26,27)/b23-10+. The molecule has 3 rings (SSSR count). The van der Waals surface area contributed by atoms with Gasteiger partial charge in [0.25, 0.3) is 0 Å². The number of nitrogens with one attached hydrogen (secondary N) is 2. The molecule has 0 aromatic heterocycles. The molecule has 1 heterocycles. The zero-order chi connectivity index (χ0) is 22.4. The van der Waals surface area contributed by atoms with E-state index < -0.39 is 5.25 Å². The Morgan fingerprint density at radius 1 is 1.19 bits per heavy atom. The van der Waals surface area contributed by atoms with Crippen molar-refractivity contribution in [1.82, 2.24) is 5.32 Å². The van der Waals surface area contributed by atoms with E-state index >= 15 is 0 Å². The number of methoxy groups -OCH3 is 2. The van der Waals surface area contributed by atoms with Crippen molar-refractivity contribution in [1.29, 1.82) is 0 Å². The van der Waals surface area contributed by atoms with Crippen LogP contribution in [0.25, 0.3) is 0 Å². The van der Waals surface area contributed by atoms with Crippen molar-refractivity contribution in [3.05, 3.63) is 52.0 Å². The average molecular weight is 481 g/mol. The van der Waals surface area contributed by atoms with Crippen molar-refractivity contribution in [3.8, 4) is 11.5 Å². The number of ether oxygens (including phenoxy) is 2. The Morgan fingerprint density at radius 2 is 1.97 bits per heavy atom. The maximum absolute atomic E-state index is 12.7. The fourth-order valence-electron chi connectivity index (χ4n) is 2.63. The third-order valence-electron chi connectivity index (χ3n) is 4.12. The van der Waals surface area contributed by atoms with Crippen LogP contribution in [0.2, 0.25) is 10.0 Å². The molecule has 2 N–H and O–H groups in total. The van der Waals surface area contributed by atoms with E-state index in [0.29, 0.717) is 32.8 Å². The first kappa shape index (κ1) is 22.9. The molecule has 1 unspecified atom stereocenters. The van der Waals surface area contributed by atoms with Gasteiger partial charge in [0.2, 0.25) is 11.8 Å². The molecule has 11 heteroatoms. The highest BCUT2D eigenvalue weighted by atomic mass is 35.5. The van der Waals surface area contributed by atoms with Gasteiger partial charge in [0, 0.05) is 28.8 Å². The number of carbonyl (C=O) groups is 2. The van der Waals surface area contributed by atoms with E-state index in [1.165, 1.54) is 20.4 Å². The van der Waals surface area contributed by atoms with Crippen LogP contribution in [-0.4, -0.2) is 42.7 Å². The summed E-state index contributed by atoms with van der Waals surface area (Å²) in [6, 6.07) is 9.96. The highest BCUT2D eigenvalue weighted by Gasteiger charge is 2.30. The quantitative estimate of drug-likeness (QED) is 0.481. The molecule has 1 atom stereocenters. The number of hydrogen-bond donors (Lipinski definition) is 2. The molecule has 0 spiro atoms. The van der Waals surface area contributed by atoms with E-state index in [4.69, 9.17) is 32.7 Å². The van der Waals surface area contributed by atoms with Crippen molar-refractivity contribution in [2.24, 2.45) is 10.2 Å². The SMILES string of the molecule is COc1ccc(NC(=O)C2CC(=O)N/C(=N/N=C/c3ccc(Cl)cc3Cl)S2)cc1OC. The molecular weight excluding hydrogens is 463 g/mol. The molecule has 162 valence electrons. The number of rotatable bonds is 6. The fourth-order valence-corrected chi connectivity index (χ4v) is 4.02. The van der Waals surface area contributed by atoms with Gasteiger partial charge < -0.3 is 20.1 Å². The summed E-state index contributed by atoms with van der Waals surface area (Å²) in [5.41, 5.74) is 1.13. The number of anilines is 1. The van der Waals surface area contributed by atoms with Crippen LogP contribution in [0.4, 0.5) is 5.69 Å². The second-order valence-electron chi connectivity index (χ2n) is 6.23. The van der Waals surface area contributed by atoms with E-state index in [1.54, 1.807) is 36.4 Å². The molecule has 1 fully saturated rings. The Labute approximate surface area is 193 Å². The van der Waals surface area contributed by atoms with Crippen LogP contribution in [-0.2, 0) is 9.59 Å². The molecule has 1 aliphatic heterocycles. The summed E-state index contributed by atoms with van der Waals surface area (Å²) >= 11 is 13.1. The molecule has 8 nitrogen and oxygen atoms in total. The van der Waals surface area contributed by atoms with Crippen molar-refractivity contribution >= 4 is 63.8 Å². The number of halogens is 2. The summed E-state index contributed by atoms with van der Waals surface area (Å²) in [6.07, 6.45) is 1.45. The Bertz CT molecular complexity index is 1060. The zero-order valence-corrected chi connectivity index (χ0v) is 18.8. The van der Waals surface area contributed by atoms with Gasteiger partial charge >= 0.3 is 0 Å². The Hall–Kier alpha value is -2.75. The minimum Gasteiger partial charge on any atom is -0.493 e. The summed E-state index contributed by atoms with van der Waals surface area (Å²) in [4.78, 5) is 24.7. The van der Waals surface area contributed by atoms with Crippen molar-refractivity contribution in [2.45, 2.75) is 11.7 Å². The van der Waals surface area contributed by atoms with Crippen LogP contribution in [0.1, 0.15) is 12.0 Å². The lowest BCUT2D eigenvalue weighted by Gasteiger charge is -2.21. The van der Waals surface area contributed by atoms with Crippen LogP contribution in [0.15, 0.2) is 46.6 Å². The van der Waals surface area contributed by atoms with Crippen LogP contribution < -0.4 is 20.1 Å². The first-order valence-electron chi connectivity index (χ1n) is 8.95. The molecule has 0 aliphatic carbocycles. The highest BCUT2D eigenvalue weighted by molar-refractivity contribution is 8.15. The number of thioether (sulfide) groups is 1. The van der Waals surface area contributed by atoms with E-state index in [1.807, 2.05) is 0 Å². The van der Waals surface area contributed by atoms with Crippen LogP contribution in [0.3, 0.4) is 0 Å². The van der Waals surface area contributed by atoms with Gasteiger partial charge in [0.15, 0.2) is 16.7 Å². The van der Waals surface area contributed by atoms with Crippen LogP contribution in [0, 0.1) is 0 Å². The van der Waals surface area contributed by atoms with E-state index in [-0.39, 0.29) is 23.4 Å². The second kappa shape index (κ2) is 10.5. The van der Waals surface area contributed by atoms with Crippen molar-refractivity contribution in [2.75, 3.05) is 19.5 Å². The van der Waals surface area contributed by atoms with Crippen molar-refractivity contribution < 1.29 is 19.1 Å². The molecule has 31 heavy (non-hydrogen) atoms. The number of hydrogen-bond acceptors (Lipinski definition) is 7. The third-order valence-corrected chi connectivity index (χ3v) is 5.76. The Balaban J connectivity index is 1.68. The van der Waals surface area contributed by atoms with Gasteiger partial charge in [-0.1, -0.05) is 41.0 Å². The monoisotopic (exact) mass is 480 g/mol. The smallest absolute Gasteiger partial charge is 0.238 e. The minimum absolute atomic E-state index is 0.00946. The maximum Gasteiger partial charge on any atom is 0.238 e. The summed E-state index contributed by atoms with van der Waals surface area (Å²) < 4.78 is 10.4. The van der Waals surface area contributed by atoms with E-state index in [0.717, 1.165) is 11.8 Å². The Morgan fingerprint density at radius 3 is 2.68 bits per heavy atom. The molecule has 1 saturated heterocycles. The first-order chi connectivity index (χ1) is 14.9. The van der Waals surface area contributed by atoms with E-state index in [2.05, 4.69) is 20.8 Å². The predicted molar refractivity (Wildman–Crippen MR) is 124 cm³/mol. The summed E-state index contributed by atoms with van der Waals surface area (Å²) in [6.45, 7) is 0. The number of nitrogens with zero attached hydrogens (tertiary/aromatic N) is 2. The fraction of sp³-hybridized carbons (Fsp3) is 0.200. The number of amides is 2. The summed E-state index contributed by atoms with van der Waals surface area (Å²) in [5, 5.41) is 13.8. The second-order valence-corrected chi connectivity index (χ2v) is 8.27. The normalized spacial score (nSPS) is 17.5. The number of carbonyl (C=O) groups excluding carboxylic acids is 2. The number of amidine groups is 1. The molecule has 0 radical (unpaired) electrons. The van der Waals surface area contributed by atoms with Gasteiger partial charge in [-0.25, -0.2) is 0 Å². The van der Waals surface area contributed by atoms with Gasteiger partial charge in [0.05, 0.1) is 25.5 Å². The summed E-state index contributed by atoms with van der Waals surface area (Å²) in [7, 11) is 3.03. The lowest BCUT2D eigenvalue weighted by atomic mass is 10.2. The molecular formula is C20H18Cl2N4O4S. The van der Waals surface area contributed by atoms with Crippen LogP contribution >= 0.6 is 35.0 Å². The van der Waals surface area contributed by atoms with Gasteiger partial charge in [-0.15, -0.1) is 5.10 Å². The first-order valence-corrected chi connectivity index (χ1v) is 10.6. The highest BCUT2D eigenvalue weighted by Crippen LogP contribution is 2.30. The predicted octanol–water partition coefficient (Wildman–Crippen LogP) is 3.96.